The molecule has 0 aromatic heterocycles. The summed E-state index contributed by atoms with van der Waals surface area (Å²) in [6.07, 6.45) is 28.9. The molecule has 4 unspecified atom stereocenters. The van der Waals surface area contributed by atoms with Gasteiger partial charge in [0.25, 0.3) is 0 Å². The molecule has 8 aliphatic heterocycles. The summed E-state index contributed by atoms with van der Waals surface area (Å²) >= 11 is 0. The van der Waals surface area contributed by atoms with Crippen LogP contribution in [0.25, 0.3) is 0 Å². The molecule has 4 bridgehead atoms. The van der Waals surface area contributed by atoms with Crippen molar-refractivity contribution in [1.82, 2.24) is 0 Å². The number of hydrogen-bond acceptors (Lipinski definition) is 4. The smallest absolute Gasteiger partial charge is 0.136 e. The summed E-state index contributed by atoms with van der Waals surface area (Å²) in [6.45, 7) is 6.57. The van der Waals surface area contributed by atoms with Crippen LogP contribution in [0.2, 0.25) is 0 Å². The minimum Gasteiger partial charge on any atom is -1.00 e. The molecule has 6 nitrogen and oxygen atoms in total. The highest BCUT2D eigenvalue weighted by atomic mass is 79.9. The molecule has 4 aliphatic carbocycles. The Labute approximate surface area is 366 Å². The SMILES string of the molecule is C1=CC([N+]23CC[C@@H]4[C@@H]5[C@@H]6[C@@H](OCC=C(C2)[C@@H]6C[C@@H]43)N2c3ccccc3[C@@]34CC[N+]6(C7C=CCCC7)CC7=CCO[C@H]([C@@H]([C@H]23)[C@H]7C[C@@H]46)N5c2ccccc2)CCC1.[Br-].[Br-]. The van der Waals surface area contributed by atoms with Crippen LogP contribution >= 0.6 is 0 Å². The lowest BCUT2D eigenvalue weighted by Gasteiger charge is -2.66. The Kier molecular flexibility index (Phi) is 8.68. The third-order valence-corrected chi connectivity index (χ3v) is 19.3. The predicted molar refractivity (Wildman–Crippen MR) is 220 cm³/mol. The highest BCUT2D eigenvalue weighted by Gasteiger charge is 2.78. The molecule has 0 radical (unpaired) electrons. The maximum Gasteiger partial charge on any atom is 0.136 e. The second-order valence-corrected chi connectivity index (χ2v) is 20.6. The summed E-state index contributed by atoms with van der Waals surface area (Å²) in [7, 11) is 0. The third-order valence-electron chi connectivity index (χ3n) is 19.3. The molecule has 2 aromatic rings. The van der Waals surface area contributed by atoms with Crippen LogP contribution in [-0.2, 0) is 14.9 Å². The lowest BCUT2D eigenvalue weighted by molar-refractivity contribution is -0.960. The van der Waals surface area contributed by atoms with Gasteiger partial charge in [0.2, 0.25) is 0 Å². The number of benzene rings is 2. The van der Waals surface area contributed by atoms with Gasteiger partial charge in [-0.15, -0.1) is 0 Å². The van der Waals surface area contributed by atoms with Crippen LogP contribution in [0, 0.1) is 29.6 Å². The molecule has 16 atom stereocenters. The lowest BCUT2D eigenvalue weighted by atomic mass is 9.53. The average Bonchev–Trinajstić information content (AvgIpc) is 3.82. The van der Waals surface area contributed by atoms with Gasteiger partial charge >= 0.3 is 0 Å². The molecule has 2 aromatic carbocycles. The summed E-state index contributed by atoms with van der Waals surface area (Å²) < 4.78 is 17.9. The second kappa shape index (κ2) is 13.4. The molecule has 0 amide bonds. The summed E-state index contributed by atoms with van der Waals surface area (Å²) in [5.74, 6) is 2.47. The number of para-hydroxylation sites is 2. The van der Waals surface area contributed by atoms with Gasteiger partial charge in [-0.25, -0.2) is 0 Å². The van der Waals surface area contributed by atoms with E-state index in [1.807, 2.05) is 0 Å². The molecule has 0 N–H and O–H groups in total. The molecule has 58 heavy (non-hydrogen) atoms. The Morgan fingerprint density at radius 2 is 1.34 bits per heavy atom. The van der Waals surface area contributed by atoms with E-state index in [2.05, 4.69) is 101 Å². The number of fused-ring (bicyclic) bond motifs is 4. The molecule has 2 saturated carbocycles. The van der Waals surface area contributed by atoms with E-state index in [-0.39, 0.29) is 51.8 Å². The van der Waals surface area contributed by atoms with E-state index in [1.54, 1.807) is 16.7 Å². The van der Waals surface area contributed by atoms with Crippen molar-refractivity contribution >= 4 is 11.4 Å². The van der Waals surface area contributed by atoms with Gasteiger partial charge in [0.05, 0.1) is 43.8 Å². The Bertz CT molecular complexity index is 2110. The number of nitrogens with zero attached hydrogens (tertiary/aromatic N) is 4. The van der Waals surface area contributed by atoms with Crippen molar-refractivity contribution in [2.24, 2.45) is 29.6 Å². The van der Waals surface area contributed by atoms with Gasteiger partial charge in [-0.3, -0.25) is 0 Å². The molecule has 306 valence electrons. The summed E-state index contributed by atoms with van der Waals surface area (Å²) in [5, 5.41) is 0. The summed E-state index contributed by atoms with van der Waals surface area (Å²) in [5.41, 5.74) is 8.13. The maximum absolute atomic E-state index is 7.66. The van der Waals surface area contributed by atoms with E-state index >= 15 is 0 Å². The Balaban J connectivity index is 0.00000183. The number of halogens is 2. The van der Waals surface area contributed by atoms with Crippen LogP contribution < -0.4 is 43.8 Å². The van der Waals surface area contributed by atoms with Crippen LogP contribution in [0.4, 0.5) is 11.4 Å². The van der Waals surface area contributed by atoms with Gasteiger partial charge in [-0.05, 0) is 72.7 Å². The summed E-state index contributed by atoms with van der Waals surface area (Å²) in [6, 6.07) is 25.0. The van der Waals surface area contributed by atoms with Gasteiger partial charge in [0.1, 0.15) is 43.7 Å². The standard InChI is InChI=1S/C50H60N4O2.2BrH/c1-4-12-34(13-5-1)51-46-37-20-24-53(35-14-6-2-7-15-35)30-32-21-26-55-48(44(46)38(32)28-42(37)53)52-41-19-11-10-18-40(41)50-23-25-54(36-16-8-3-9-17-36)31-33-22-27-56-49(51)45(47(50)52)39(33)29-43(50)54;;/h1,4-6,8,10-14,16,18-19,21-22,35-39,42-49H,2-3,7,9,15,17,20,23-31H2;2*1H/q+2;;/p-2/t35?,36?,37-,38-,39-,42-,43-,44+,45+,46+,47-,48+,49+,50+,53?,54?;;/m0../s1. The van der Waals surface area contributed by atoms with Crippen molar-refractivity contribution in [3.8, 4) is 0 Å². The van der Waals surface area contributed by atoms with E-state index in [0.29, 0.717) is 65.8 Å². The van der Waals surface area contributed by atoms with Crippen LogP contribution in [0.15, 0.2) is 102 Å². The molecule has 12 aliphatic rings. The minimum absolute atomic E-state index is 0. The normalized spacial score (nSPS) is 47.9. The van der Waals surface area contributed by atoms with Crippen LogP contribution in [0.1, 0.15) is 69.8 Å². The topological polar surface area (TPSA) is 24.9 Å². The van der Waals surface area contributed by atoms with Gasteiger partial charge in [-0.1, -0.05) is 60.7 Å². The molecule has 8 heterocycles. The second-order valence-electron chi connectivity index (χ2n) is 20.6. The molecule has 5 saturated heterocycles. The fourth-order valence-corrected chi connectivity index (χ4v) is 17.7. The molecular weight excluding hydrogens is 848 g/mol. The minimum atomic E-state index is 0. The van der Waals surface area contributed by atoms with Crippen molar-refractivity contribution in [3.63, 3.8) is 0 Å². The zero-order chi connectivity index (χ0) is 36.4. The number of quaternary nitrogens is 2. The van der Waals surface area contributed by atoms with Crippen molar-refractivity contribution in [2.75, 3.05) is 49.2 Å². The van der Waals surface area contributed by atoms with Gasteiger partial charge in [0, 0.05) is 85.5 Å². The number of ether oxygens (including phenoxy) is 2. The van der Waals surface area contributed by atoms with Crippen molar-refractivity contribution < 1.29 is 52.4 Å². The monoisotopic (exact) mass is 906 g/mol. The zero-order valence-corrected chi connectivity index (χ0v) is 37.0. The number of hydrogen-bond donors (Lipinski definition) is 0. The van der Waals surface area contributed by atoms with E-state index < -0.39 is 0 Å². The Hall–Kier alpha value is -2.20. The van der Waals surface area contributed by atoms with Crippen LogP contribution in [0.5, 0.6) is 0 Å². The maximum atomic E-state index is 7.66. The summed E-state index contributed by atoms with van der Waals surface area (Å²) in [4.78, 5) is 6.04. The van der Waals surface area contributed by atoms with E-state index in [9.17, 15) is 0 Å². The number of piperidine rings is 2. The molecule has 7 fully saturated rings. The quantitative estimate of drug-likeness (QED) is 0.348. The number of rotatable bonds is 3. The van der Waals surface area contributed by atoms with Crippen LogP contribution in [-0.4, -0.2) is 97.1 Å². The largest absolute Gasteiger partial charge is 1.00 e. The number of allylic oxidation sites excluding steroid dienone is 2. The van der Waals surface area contributed by atoms with Crippen molar-refractivity contribution in [2.45, 2.75) is 118 Å². The zero-order valence-electron chi connectivity index (χ0n) is 33.8. The highest BCUT2D eigenvalue weighted by Crippen LogP contribution is 2.70. The fourth-order valence-electron chi connectivity index (χ4n) is 17.7. The first-order valence-corrected chi connectivity index (χ1v) is 23.1. The fraction of sp³-hybridized carbons (Fsp3) is 0.600. The number of anilines is 2. The van der Waals surface area contributed by atoms with Gasteiger partial charge in [0.15, 0.2) is 0 Å². The predicted octanol–water partition coefficient (Wildman–Crippen LogP) is 1.89. The molecule has 14 rings (SSSR count). The Morgan fingerprint density at radius 1 is 0.672 bits per heavy atom. The third kappa shape index (κ3) is 4.54. The first-order chi connectivity index (χ1) is 27.7. The molecular formula is C50H60Br2N4O2. The van der Waals surface area contributed by atoms with Crippen molar-refractivity contribution in [3.05, 3.63) is 108 Å². The molecule has 1 spiro atoms. The lowest BCUT2D eigenvalue weighted by Crippen LogP contribution is -3.00. The van der Waals surface area contributed by atoms with E-state index in [1.165, 1.54) is 111 Å². The Morgan fingerprint density at radius 3 is 2.09 bits per heavy atom. The van der Waals surface area contributed by atoms with E-state index in [0.717, 1.165) is 13.2 Å². The molecule has 8 heteroatoms. The van der Waals surface area contributed by atoms with Gasteiger partial charge < -0.3 is 62.2 Å². The van der Waals surface area contributed by atoms with Crippen LogP contribution in [0.3, 0.4) is 0 Å². The van der Waals surface area contributed by atoms with Crippen molar-refractivity contribution in [1.29, 1.82) is 0 Å². The highest BCUT2D eigenvalue weighted by molar-refractivity contribution is 5.68. The first kappa shape index (κ1) is 37.6. The van der Waals surface area contributed by atoms with Gasteiger partial charge in [-0.2, -0.15) is 0 Å². The first-order valence-electron chi connectivity index (χ1n) is 23.1. The van der Waals surface area contributed by atoms with E-state index in [4.69, 9.17) is 9.47 Å². The average molecular weight is 909 g/mol.